The van der Waals surface area contributed by atoms with Gasteiger partial charge in [0.25, 0.3) is 0 Å². The number of carbonyl (C=O) groups is 2. The largest absolute Gasteiger partial charge is 0.462 e. The first kappa shape index (κ1) is 104. The van der Waals surface area contributed by atoms with Gasteiger partial charge in [-0.25, -0.2) is 0 Å². The van der Waals surface area contributed by atoms with Crippen LogP contribution in [0.4, 0.5) is 0 Å². The van der Waals surface area contributed by atoms with E-state index in [2.05, 4.69) is 127 Å². The number of methoxy groups -OCH3 is 4. The lowest BCUT2D eigenvalue weighted by Crippen LogP contribution is -2.60. The Labute approximate surface area is 779 Å². The first-order valence-corrected chi connectivity index (χ1v) is 51.6. The number of hydrogen-bond acceptors (Lipinski definition) is 28. The molecule has 14 rings (SSSR count). The van der Waals surface area contributed by atoms with Crippen molar-refractivity contribution in [2.75, 3.05) is 41.7 Å². The van der Waals surface area contributed by atoms with Crippen LogP contribution in [0.1, 0.15) is 209 Å². The van der Waals surface area contributed by atoms with Crippen LogP contribution in [-0.2, 0) is 109 Å². The molecule has 131 heavy (non-hydrogen) atoms. The minimum absolute atomic E-state index is 0.0317. The average molecular weight is 1860 g/mol. The Hall–Kier alpha value is -4.40. The van der Waals surface area contributed by atoms with Crippen molar-refractivity contribution in [1.82, 2.24) is 0 Å². The Morgan fingerprint density at radius 1 is 0.473 bits per heavy atom. The molecule has 0 radical (unpaired) electrons. The third-order valence-corrected chi connectivity index (χ3v) is 35.7. The van der Waals surface area contributed by atoms with Gasteiger partial charge in [-0.3, -0.25) is 9.59 Å². The molecule has 2 spiro atoms. The van der Waals surface area contributed by atoms with Gasteiger partial charge in [0.1, 0.15) is 78.0 Å². The van der Waals surface area contributed by atoms with E-state index in [0.29, 0.717) is 80.9 Å². The first-order valence-electron chi connectivity index (χ1n) is 48.7. The molecular formula is C102H158O28Si. The fourth-order valence-electron chi connectivity index (χ4n) is 21.8. The van der Waals surface area contributed by atoms with Gasteiger partial charge in [-0.2, -0.15) is 0 Å². The van der Waals surface area contributed by atoms with Crippen LogP contribution in [-0.4, -0.2) is 282 Å². The van der Waals surface area contributed by atoms with E-state index < -0.39 is 190 Å². The predicted molar refractivity (Wildman–Crippen MR) is 491 cm³/mol. The molecule has 5 N–H and O–H groups in total. The van der Waals surface area contributed by atoms with Crippen LogP contribution in [0.2, 0.25) is 18.1 Å². The van der Waals surface area contributed by atoms with Crippen molar-refractivity contribution in [3.8, 4) is 0 Å². The van der Waals surface area contributed by atoms with Crippen LogP contribution in [0, 0.1) is 47.3 Å². The lowest BCUT2D eigenvalue weighted by Gasteiger charge is -2.49. The summed E-state index contributed by atoms with van der Waals surface area (Å²) < 4.78 is 136. The minimum Gasteiger partial charge on any atom is -0.462 e. The summed E-state index contributed by atoms with van der Waals surface area (Å²) in [5, 5.41) is 57.9. The van der Waals surface area contributed by atoms with Crippen LogP contribution >= 0.6 is 0 Å². The summed E-state index contributed by atoms with van der Waals surface area (Å²) in [5.74, 6) is -4.96. The Bertz CT molecular complexity index is 4190. The average Bonchev–Trinajstić information content (AvgIpc) is 1.59. The van der Waals surface area contributed by atoms with Gasteiger partial charge in [-0.05, 0) is 144 Å². The summed E-state index contributed by atoms with van der Waals surface area (Å²) in [5.41, 5.74) is 0.786. The molecule has 8 saturated heterocycles. The molecule has 12 aliphatic heterocycles. The maximum atomic E-state index is 14.8. The molecule has 0 aromatic rings. The second kappa shape index (κ2) is 43.1. The highest BCUT2D eigenvalue weighted by molar-refractivity contribution is 6.74. The number of esters is 2. The third kappa shape index (κ3) is 22.6. The lowest BCUT2D eigenvalue weighted by molar-refractivity contribution is -0.318. The van der Waals surface area contributed by atoms with E-state index in [0.717, 1.165) is 29.6 Å². The van der Waals surface area contributed by atoms with Crippen LogP contribution < -0.4 is 0 Å². The number of carbonyl (C=O) groups excluding carboxylic acids is 2. The molecule has 12 heterocycles. The molecule has 29 heteroatoms. The van der Waals surface area contributed by atoms with Crippen LogP contribution in [0.5, 0.6) is 0 Å². The Morgan fingerprint density at radius 3 is 1.26 bits per heavy atom. The molecule has 0 amide bonds. The summed E-state index contributed by atoms with van der Waals surface area (Å²) in [6, 6.07) is 0. The van der Waals surface area contributed by atoms with Gasteiger partial charge >= 0.3 is 11.9 Å². The van der Waals surface area contributed by atoms with Gasteiger partial charge in [0.05, 0.1) is 105 Å². The van der Waals surface area contributed by atoms with E-state index in [1.807, 2.05) is 77.2 Å². The summed E-state index contributed by atoms with van der Waals surface area (Å²) in [6.07, 6.45) is 18.6. The van der Waals surface area contributed by atoms with Crippen molar-refractivity contribution in [2.45, 2.75) is 421 Å². The number of rotatable bonds is 18. The van der Waals surface area contributed by atoms with E-state index >= 15 is 0 Å². The number of aliphatic hydroxyl groups is 5. The second-order valence-corrected chi connectivity index (χ2v) is 46.5. The maximum Gasteiger partial charge on any atom is 0.316 e. The molecule has 40 atom stereocenters. The molecule has 2 aliphatic carbocycles. The van der Waals surface area contributed by atoms with Gasteiger partial charge < -0.3 is 125 Å². The lowest BCUT2D eigenvalue weighted by atomic mass is 9.71. The van der Waals surface area contributed by atoms with Crippen molar-refractivity contribution < 1.29 is 134 Å². The molecule has 14 aliphatic rings. The fraction of sp³-hybridized carbons (Fsp3) is 0.784. The van der Waals surface area contributed by atoms with Crippen LogP contribution in [0.25, 0.3) is 0 Å². The molecule has 8 fully saturated rings. The highest BCUT2D eigenvalue weighted by Gasteiger charge is 2.64. The Kier molecular flexibility index (Phi) is 34.2. The number of hydrogen-bond donors (Lipinski definition) is 5. The third-order valence-electron chi connectivity index (χ3n) is 31.2. The van der Waals surface area contributed by atoms with E-state index in [1.165, 1.54) is 0 Å². The number of fused-ring (bicyclic) bond motifs is 4. The SMILES string of the molecule is CC[C@@H](C)[C@H]1O[C@]2(C=C[C@@H]1C)C[C@@H]1C[C@@H](C/C=C(\C)[C@@H](O[C@H]3C[C@H](OC)[C@@H](O[C@H]4C[C@H](OC)[C@@H](O)[C@H](C)O4)[C@H](C)O3)[C@@H](C)/C=C/C=C3\CO[C@@H]4[C@H](O)C(C)=C[C@@H](C(=O)O1)[C@]34O)O2.CC[C@@H](C)[C@H]1O[C@]2(C=C[C@@H]1C)C[C@@H]1C[C@@H](C/C=C(\C)[C@@H](O[C@H]3C[C@H](OC)[C@@H](O[C@H]4C[C@H](OC)[C@@H](O)[C@H](C)O4)[C@H](C)O3)[C@@H](C)/C=C/C=C3\CO[C@@H]4[C@H](O[Si](C)(C)C(C)(C)C)C(C)=C[C@@H](C(=O)O1)[C@]34O)O2. The summed E-state index contributed by atoms with van der Waals surface area (Å²) in [6.45, 7) is 43.6. The molecule has 28 nitrogen and oxygen atoms in total. The molecule has 0 unspecified atom stereocenters. The smallest absolute Gasteiger partial charge is 0.316 e. The Morgan fingerprint density at radius 2 is 0.855 bits per heavy atom. The standard InChI is InChI=1S/C54H86O14Si.C48H72O14/c1-16-30(2)47-33(5)22-23-53(67-47)28-39-25-38(66-53)21-20-32(4)46(64-44-27-42(59-13)49(36(8)62-44)65-43-26-41(58-12)45(55)35(7)61-43)31(3)18-17-19-37-29-60-50-48(68-69(14,15)52(9,10)11)34(6)24-40(51(56)63-39)54(37,50)57;1-11-25(2)43-28(5)17-18-47(62-43)23-34-20-33(61-47)16-15-27(4)42(26(3)13-12-14-32-24-55-45-40(49)29(6)19-35(46(51)58-34)48(32,45)52)59-39-22-37(54-10)44(31(8)57-39)60-38-21-36(53-9)41(50)30(7)56-38/h17-20,22-24,30-31,33,35-36,38-50,55,57H,16,21,25-29H2,1-15H3;12-15,17-19,25-26,28,30-31,33-45,49-50,52H,11,16,20-24H2,1-10H3/b18-17+,32-20+,37-19+;13-12+,27-15+,32-14+/t30-,31+,33+,35+,36+,38-,39+,40+,41+,42+,43+,44+,45+,46+,47-,48-,49+,50-,53-,54-;25-,26+,28+,30+,31+,33-,34+,35+,36+,37+,38+,39+,40-,41+,42+,43-,44+,45-,47-,48-/m11/s1. The zero-order valence-electron chi connectivity index (χ0n) is 82.4. The van der Waals surface area contributed by atoms with Crippen molar-refractivity contribution in [1.29, 1.82) is 0 Å². The second-order valence-electron chi connectivity index (χ2n) is 41.8. The zero-order valence-corrected chi connectivity index (χ0v) is 83.4. The highest BCUT2D eigenvalue weighted by Crippen LogP contribution is 2.53. The molecular weight excluding hydrogens is 1700 g/mol. The van der Waals surface area contributed by atoms with Gasteiger partial charge in [0.2, 0.25) is 0 Å². The summed E-state index contributed by atoms with van der Waals surface area (Å²) in [7, 11) is 4.09. The zero-order chi connectivity index (χ0) is 95.1. The summed E-state index contributed by atoms with van der Waals surface area (Å²) >= 11 is 0. The van der Waals surface area contributed by atoms with Crippen molar-refractivity contribution >= 4 is 20.3 Å². The van der Waals surface area contributed by atoms with Crippen molar-refractivity contribution in [3.63, 3.8) is 0 Å². The minimum atomic E-state index is -2.37. The van der Waals surface area contributed by atoms with Crippen LogP contribution in [0.3, 0.4) is 0 Å². The predicted octanol–water partition coefficient (Wildman–Crippen LogP) is 13.8. The fourth-order valence-corrected chi connectivity index (χ4v) is 23.0. The number of ether oxygens (including phenoxy) is 20. The van der Waals surface area contributed by atoms with E-state index in [4.69, 9.17) is 99.2 Å². The van der Waals surface area contributed by atoms with Crippen molar-refractivity contribution in [2.24, 2.45) is 47.3 Å². The monoisotopic (exact) mass is 1860 g/mol. The summed E-state index contributed by atoms with van der Waals surface area (Å²) in [4.78, 5) is 29.2. The highest BCUT2D eigenvalue weighted by atomic mass is 28.4. The molecule has 0 aromatic carbocycles. The van der Waals surface area contributed by atoms with Crippen molar-refractivity contribution in [3.05, 3.63) is 119 Å². The van der Waals surface area contributed by atoms with Crippen LogP contribution in [0.15, 0.2) is 119 Å². The molecule has 0 aromatic heterocycles. The van der Waals surface area contributed by atoms with Gasteiger partial charge in [-0.1, -0.05) is 162 Å². The van der Waals surface area contributed by atoms with E-state index in [-0.39, 0.29) is 90.4 Å². The maximum absolute atomic E-state index is 14.8. The molecule has 738 valence electrons. The van der Waals surface area contributed by atoms with E-state index in [9.17, 15) is 35.1 Å². The molecule has 4 bridgehead atoms. The topological polar surface area (TPSA) is 329 Å². The van der Waals surface area contributed by atoms with E-state index in [1.54, 1.807) is 54.4 Å². The normalized spacial score (nSPS) is 47.4. The van der Waals surface area contributed by atoms with Gasteiger partial charge in [-0.15, -0.1) is 0 Å². The molecule has 0 saturated carbocycles. The number of allylic oxidation sites excluding steroid dienone is 4. The quantitative estimate of drug-likeness (QED) is 0.0483. The Balaban J connectivity index is 0.000000224. The first-order chi connectivity index (χ1) is 61.9. The van der Waals surface area contributed by atoms with Gasteiger partial charge in [0, 0.05) is 103 Å². The van der Waals surface area contributed by atoms with Gasteiger partial charge in [0.15, 0.2) is 45.1 Å². The number of aliphatic hydroxyl groups excluding tert-OH is 3.